The Bertz CT molecular complexity index is 394. The third kappa shape index (κ3) is 3.28. The molecule has 94 valence electrons. The molecule has 0 aliphatic carbocycles. The van der Waals surface area contributed by atoms with E-state index in [1.54, 1.807) is 11.3 Å². The number of aryl methyl sites for hydroxylation is 1. The summed E-state index contributed by atoms with van der Waals surface area (Å²) >= 11 is 1.72. The SMILES string of the molecule is Cc1nc(N2CCOCC2)sc1/C=C/C(C)N. The summed E-state index contributed by atoms with van der Waals surface area (Å²) in [6, 6.07) is 0.0864. The highest BCUT2D eigenvalue weighted by Gasteiger charge is 2.15. The van der Waals surface area contributed by atoms with Gasteiger partial charge in [-0.05, 0) is 19.9 Å². The molecule has 1 aromatic rings. The second kappa shape index (κ2) is 5.62. The number of rotatable bonds is 3. The highest BCUT2D eigenvalue weighted by Crippen LogP contribution is 2.27. The number of nitrogens with two attached hydrogens (primary N) is 1. The Morgan fingerprint density at radius 2 is 2.18 bits per heavy atom. The van der Waals surface area contributed by atoms with E-state index < -0.39 is 0 Å². The van der Waals surface area contributed by atoms with E-state index in [1.807, 2.05) is 19.9 Å². The molecule has 1 aromatic heterocycles. The van der Waals surface area contributed by atoms with Gasteiger partial charge in [-0.3, -0.25) is 0 Å². The Kier molecular flexibility index (Phi) is 4.15. The van der Waals surface area contributed by atoms with E-state index >= 15 is 0 Å². The summed E-state index contributed by atoms with van der Waals surface area (Å²) in [5.74, 6) is 0. The van der Waals surface area contributed by atoms with Crippen LogP contribution in [-0.4, -0.2) is 37.3 Å². The average molecular weight is 253 g/mol. The second-order valence-electron chi connectivity index (χ2n) is 4.26. The van der Waals surface area contributed by atoms with Crippen molar-refractivity contribution in [3.05, 3.63) is 16.6 Å². The van der Waals surface area contributed by atoms with Gasteiger partial charge in [0.25, 0.3) is 0 Å². The molecule has 0 aromatic carbocycles. The van der Waals surface area contributed by atoms with Crippen LogP contribution in [0.25, 0.3) is 6.08 Å². The summed E-state index contributed by atoms with van der Waals surface area (Å²) < 4.78 is 5.34. The van der Waals surface area contributed by atoms with Crippen LogP contribution in [0.1, 0.15) is 17.5 Å². The number of morpholine rings is 1. The number of ether oxygens (including phenoxy) is 1. The summed E-state index contributed by atoms with van der Waals surface area (Å²) in [4.78, 5) is 8.09. The van der Waals surface area contributed by atoms with Crippen molar-refractivity contribution in [2.45, 2.75) is 19.9 Å². The molecule has 2 rings (SSSR count). The number of aromatic nitrogens is 1. The van der Waals surface area contributed by atoms with Crippen LogP contribution in [-0.2, 0) is 4.74 Å². The van der Waals surface area contributed by atoms with Crippen LogP contribution in [0, 0.1) is 6.92 Å². The standard InChI is InChI=1S/C12H19N3OS/c1-9(13)3-4-11-10(2)14-12(17-11)15-5-7-16-8-6-15/h3-4,9H,5-8,13H2,1-2H3/b4-3+. The largest absolute Gasteiger partial charge is 0.378 e. The molecule has 4 nitrogen and oxygen atoms in total. The van der Waals surface area contributed by atoms with Gasteiger partial charge in [0.05, 0.1) is 23.8 Å². The molecule has 2 heterocycles. The first-order valence-electron chi connectivity index (χ1n) is 5.90. The molecular formula is C12H19N3OS. The predicted molar refractivity (Wildman–Crippen MR) is 72.6 cm³/mol. The molecule has 0 amide bonds. The first-order valence-corrected chi connectivity index (χ1v) is 6.72. The highest BCUT2D eigenvalue weighted by atomic mass is 32.1. The fourth-order valence-electron chi connectivity index (χ4n) is 1.68. The lowest BCUT2D eigenvalue weighted by Gasteiger charge is -2.25. The number of thiazole rings is 1. The van der Waals surface area contributed by atoms with Crippen molar-refractivity contribution in [3.63, 3.8) is 0 Å². The topological polar surface area (TPSA) is 51.4 Å². The lowest BCUT2D eigenvalue weighted by atomic mass is 10.3. The lowest BCUT2D eigenvalue weighted by Crippen LogP contribution is -2.36. The van der Waals surface area contributed by atoms with Gasteiger partial charge in [0.15, 0.2) is 5.13 Å². The van der Waals surface area contributed by atoms with Gasteiger partial charge in [-0.15, -0.1) is 0 Å². The minimum absolute atomic E-state index is 0.0864. The van der Waals surface area contributed by atoms with Crippen LogP contribution in [0.5, 0.6) is 0 Å². The molecule has 1 aliphatic rings. The lowest BCUT2D eigenvalue weighted by molar-refractivity contribution is 0.122. The second-order valence-corrected chi connectivity index (χ2v) is 5.27. The molecule has 1 fully saturated rings. The zero-order valence-corrected chi connectivity index (χ0v) is 11.2. The Hall–Kier alpha value is -0.910. The van der Waals surface area contributed by atoms with Gasteiger partial charge >= 0.3 is 0 Å². The van der Waals surface area contributed by atoms with Gasteiger partial charge in [-0.2, -0.15) is 0 Å². The molecule has 5 heteroatoms. The monoisotopic (exact) mass is 253 g/mol. The molecule has 0 saturated carbocycles. The normalized spacial score (nSPS) is 18.9. The van der Waals surface area contributed by atoms with E-state index in [-0.39, 0.29) is 6.04 Å². The maximum Gasteiger partial charge on any atom is 0.186 e. The van der Waals surface area contributed by atoms with Crippen LogP contribution in [0.4, 0.5) is 5.13 Å². The molecule has 1 saturated heterocycles. The molecule has 2 N–H and O–H groups in total. The van der Waals surface area contributed by atoms with Crippen molar-refractivity contribution in [2.75, 3.05) is 31.2 Å². The summed E-state index contributed by atoms with van der Waals surface area (Å²) in [5, 5.41) is 1.09. The van der Waals surface area contributed by atoms with Gasteiger partial charge in [-0.25, -0.2) is 4.98 Å². The minimum Gasteiger partial charge on any atom is -0.378 e. The first-order chi connectivity index (χ1) is 8.16. The van der Waals surface area contributed by atoms with Gasteiger partial charge < -0.3 is 15.4 Å². The molecule has 1 aliphatic heterocycles. The number of hydrogen-bond acceptors (Lipinski definition) is 5. The van der Waals surface area contributed by atoms with Crippen LogP contribution >= 0.6 is 11.3 Å². The first kappa shape index (κ1) is 12.5. The number of nitrogens with zero attached hydrogens (tertiary/aromatic N) is 2. The smallest absolute Gasteiger partial charge is 0.186 e. The van der Waals surface area contributed by atoms with Gasteiger partial charge in [0.1, 0.15) is 0 Å². The number of anilines is 1. The quantitative estimate of drug-likeness (QED) is 0.890. The third-order valence-electron chi connectivity index (χ3n) is 2.65. The molecule has 17 heavy (non-hydrogen) atoms. The van der Waals surface area contributed by atoms with Gasteiger partial charge in [-0.1, -0.05) is 17.4 Å². The molecule has 0 radical (unpaired) electrons. The number of hydrogen-bond donors (Lipinski definition) is 1. The van der Waals surface area contributed by atoms with Gasteiger partial charge in [0.2, 0.25) is 0 Å². The average Bonchev–Trinajstić information content (AvgIpc) is 2.69. The summed E-state index contributed by atoms with van der Waals surface area (Å²) in [6.45, 7) is 7.47. The zero-order chi connectivity index (χ0) is 12.3. The van der Waals surface area contributed by atoms with E-state index in [2.05, 4.69) is 16.0 Å². The van der Waals surface area contributed by atoms with E-state index in [0.29, 0.717) is 0 Å². The summed E-state index contributed by atoms with van der Waals surface area (Å²) in [6.07, 6.45) is 4.07. The third-order valence-corrected chi connectivity index (χ3v) is 3.84. The molecule has 1 unspecified atom stereocenters. The maximum absolute atomic E-state index is 5.71. The summed E-state index contributed by atoms with van der Waals surface area (Å²) in [7, 11) is 0. The summed E-state index contributed by atoms with van der Waals surface area (Å²) in [5.41, 5.74) is 6.79. The van der Waals surface area contributed by atoms with Crippen molar-refractivity contribution in [1.29, 1.82) is 0 Å². The van der Waals surface area contributed by atoms with Crippen LogP contribution in [0.2, 0.25) is 0 Å². The van der Waals surface area contributed by atoms with E-state index in [0.717, 1.165) is 37.1 Å². The van der Waals surface area contributed by atoms with E-state index in [9.17, 15) is 0 Å². The highest BCUT2D eigenvalue weighted by molar-refractivity contribution is 7.16. The van der Waals surface area contributed by atoms with Crippen molar-refractivity contribution in [1.82, 2.24) is 4.98 Å². The van der Waals surface area contributed by atoms with Gasteiger partial charge in [0, 0.05) is 19.1 Å². The fraction of sp³-hybridized carbons (Fsp3) is 0.583. The Balaban J connectivity index is 2.12. The molecule has 0 spiro atoms. The van der Waals surface area contributed by atoms with Crippen molar-refractivity contribution < 1.29 is 4.74 Å². The van der Waals surface area contributed by atoms with Crippen LogP contribution < -0.4 is 10.6 Å². The Morgan fingerprint density at radius 3 is 2.82 bits per heavy atom. The van der Waals surface area contributed by atoms with Crippen molar-refractivity contribution >= 4 is 22.5 Å². The molecule has 0 bridgehead atoms. The Morgan fingerprint density at radius 1 is 1.47 bits per heavy atom. The van der Waals surface area contributed by atoms with Crippen LogP contribution in [0.15, 0.2) is 6.08 Å². The van der Waals surface area contributed by atoms with Crippen molar-refractivity contribution in [2.24, 2.45) is 5.73 Å². The van der Waals surface area contributed by atoms with E-state index in [4.69, 9.17) is 10.5 Å². The zero-order valence-electron chi connectivity index (χ0n) is 10.3. The van der Waals surface area contributed by atoms with Crippen LogP contribution in [0.3, 0.4) is 0 Å². The Labute approximate surface area is 106 Å². The minimum atomic E-state index is 0.0864. The van der Waals surface area contributed by atoms with E-state index in [1.165, 1.54) is 4.88 Å². The maximum atomic E-state index is 5.71. The van der Waals surface area contributed by atoms with Crippen molar-refractivity contribution in [3.8, 4) is 0 Å². The molecule has 1 atom stereocenters. The molecular weight excluding hydrogens is 234 g/mol. The predicted octanol–water partition coefficient (Wildman–Crippen LogP) is 1.65. The fourth-order valence-corrected chi connectivity index (χ4v) is 2.71.